The zero-order chi connectivity index (χ0) is 22.8. The van der Waals surface area contributed by atoms with Crippen molar-refractivity contribution in [3.05, 3.63) is 70.7 Å². The van der Waals surface area contributed by atoms with Crippen LogP contribution in [0.25, 0.3) is 0 Å². The van der Waals surface area contributed by atoms with Gasteiger partial charge in [-0.05, 0) is 81.2 Å². The summed E-state index contributed by atoms with van der Waals surface area (Å²) in [4.78, 5) is 2.62. The molecule has 0 radical (unpaired) electrons. The van der Waals surface area contributed by atoms with E-state index in [2.05, 4.69) is 67.3 Å². The molecule has 3 heteroatoms. The van der Waals surface area contributed by atoms with E-state index in [1.165, 1.54) is 24.8 Å². The van der Waals surface area contributed by atoms with Crippen LogP contribution in [-0.2, 0) is 11.8 Å². The minimum absolute atomic E-state index is 0.406. The number of rotatable bonds is 11. The Bertz CT molecular complexity index is 836. The largest absolute Gasteiger partial charge is 0.300 e. The Morgan fingerprint density at radius 3 is 2.34 bits per heavy atom. The number of hydrogen-bond acceptors (Lipinski definition) is 2. The summed E-state index contributed by atoms with van der Waals surface area (Å²) in [7, 11) is 0. The number of nitriles is 1. The summed E-state index contributed by atoms with van der Waals surface area (Å²) in [5, 5.41) is 11.3. The maximum absolute atomic E-state index is 10.6. The lowest BCUT2D eigenvalue weighted by atomic mass is 9.63. The Morgan fingerprint density at radius 2 is 1.72 bits per heavy atom. The minimum atomic E-state index is -0.406. The lowest BCUT2D eigenvalue weighted by Crippen LogP contribution is -2.40. The molecule has 0 bridgehead atoms. The smallest absolute Gasteiger partial charge is 0.0851 e. The molecule has 1 aliphatic carbocycles. The fourth-order valence-electron chi connectivity index (χ4n) is 5.51. The molecule has 32 heavy (non-hydrogen) atoms. The van der Waals surface area contributed by atoms with Crippen LogP contribution in [-0.4, -0.2) is 24.0 Å². The van der Waals surface area contributed by atoms with E-state index in [1.807, 2.05) is 12.1 Å². The third-order valence-corrected chi connectivity index (χ3v) is 7.73. The number of hydrogen-bond donors (Lipinski definition) is 0. The molecule has 1 fully saturated rings. The van der Waals surface area contributed by atoms with E-state index in [4.69, 9.17) is 11.6 Å². The van der Waals surface area contributed by atoms with Crippen molar-refractivity contribution < 1.29 is 0 Å². The van der Waals surface area contributed by atoms with E-state index >= 15 is 0 Å². The third-order valence-electron chi connectivity index (χ3n) is 7.48. The summed E-state index contributed by atoms with van der Waals surface area (Å²) in [5.74, 6) is 0.443. The average Bonchev–Trinajstić information content (AvgIpc) is 2.84. The van der Waals surface area contributed by atoms with Crippen molar-refractivity contribution in [1.29, 1.82) is 5.26 Å². The van der Waals surface area contributed by atoms with Gasteiger partial charge in [0, 0.05) is 17.6 Å². The zero-order valence-electron chi connectivity index (χ0n) is 19.9. The molecular formula is C29H39ClN2. The normalized spacial score (nSPS) is 17.6. The Morgan fingerprint density at radius 1 is 1.03 bits per heavy atom. The summed E-state index contributed by atoms with van der Waals surface area (Å²) >= 11 is 6.19. The molecule has 0 saturated heterocycles. The molecule has 0 aromatic heterocycles. The quantitative estimate of drug-likeness (QED) is 0.349. The van der Waals surface area contributed by atoms with Gasteiger partial charge < -0.3 is 4.90 Å². The van der Waals surface area contributed by atoms with E-state index < -0.39 is 5.41 Å². The summed E-state index contributed by atoms with van der Waals surface area (Å²) in [6.45, 7) is 6.80. The van der Waals surface area contributed by atoms with Gasteiger partial charge in [0.05, 0.1) is 11.5 Å². The van der Waals surface area contributed by atoms with Gasteiger partial charge in [-0.3, -0.25) is 0 Å². The van der Waals surface area contributed by atoms with Crippen molar-refractivity contribution >= 4 is 11.6 Å². The Hall–Kier alpha value is -1.82. The average molecular weight is 451 g/mol. The van der Waals surface area contributed by atoms with Gasteiger partial charge in [0.25, 0.3) is 0 Å². The van der Waals surface area contributed by atoms with Crippen LogP contribution in [0.1, 0.15) is 76.3 Å². The fourth-order valence-corrected chi connectivity index (χ4v) is 5.64. The third kappa shape index (κ3) is 6.37. The fraction of sp³-hybridized carbons (Fsp3) is 0.552. The number of nitrogens with zero attached hydrogens (tertiary/aromatic N) is 2. The molecule has 3 rings (SSSR count). The van der Waals surface area contributed by atoms with Gasteiger partial charge in [0.15, 0.2) is 0 Å². The predicted molar refractivity (Wildman–Crippen MR) is 136 cm³/mol. The highest BCUT2D eigenvalue weighted by Crippen LogP contribution is 2.44. The molecule has 0 amide bonds. The predicted octanol–water partition coefficient (Wildman–Crippen LogP) is 7.81. The van der Waals surface area contributed by atoms with Crippen LogP contribution < -0.4 is 0 Å². The molecule has 2 aromatic carbocycles. The lowest BCUT2D eigenvalue weighted by molar-refractivity contribution is 0.173. The monoisotopic (exact) mass is 450 g/mol. The van der Waals surface area contributed by atoms with Gasteiger partial charge in [-0.25, -0.2) is 0 Å². The topological polar surface area (TPSA) is 27.0 Å². The van der Waals surface area contributed by atoms with Crippen molar-refractivity contribution in [3.63, 3.8) is 0 Å². The molecular weight excluding hydrogens is 412 g/mol. The van der Waals surface area contributed by atoms with Crippen LogP contribution in [0.4, 0.5) is 0 Å². The van der Waals surface area contributed by atoms with Crippen LogP contribution in [0, 0.1) is 17.2 Å². The zero-order valence-corrected chi connectivity index (χ0v) is 20.7. The van der Waals surface area contributed by atoms with Gasteiger partial charge in [-0.1, -0.05) is 80.3 Å². The van der Waals surface area contributed by atoms with Crippen LogP contribution in [0.15, 0.2) is 54.6 Å². The van der Waals surface area contributed by atoms with Gasteiger partial charge >= 0.3 is 0 Å². The SMILES string of the molecule is CCCN(CCc1ccccc1)C(C)CCC(C#N)(c1ccc(Cl)cc1)C1CCCCC1. The van der Waals surface area contributed by atoms with Gasteiger partial charge in [0.2, 0.25) is 0 Å². The molecule has 2 nitrogen and oxygen atoms in total. The lowest BCUT2D eigenvalue weighted by Gasteiger charge is -2.40. The molecule has 1 saturated carbocycles. The van der Waals surface area contributed by atoms with Crippen molar-refractivity contribution in [2.45, 2.75) is 83.1 Å². The Kier molecular flexibility index (Phi) is 9.64. The second-order valence-electron chi connectivity index (χ2n) is 9.58. The van der Waals surface area contributed by atoms with Gasteiger partial charge in [0.1, 0.15) is 0 Å². The van der Waals surface area contributed by atoms with E-state index in [-0.39, 0.29) is 0 Å². The summed E-state index contributed by atoms with van der Waals surface area (Å²) < 4.78 is 0. The van der Waals surface area contributed by atoms with Gasteiger partial charge in [-0.2, -0.15) is 5.26 Å². The standard InChI is InChI=1S/C29H39ClN2/c1-3-21-32(22-19-25-10-6-4-7-11-25)24(2)18-20-29(23-31,26-12-8-5-9-13-26)27-14-16-28(30)17-15-27/h4,6-7,10-11,14-17,24,26H,3,5,8-9,12-13,18-22H2,1-2H3. The number of halogens is 1. The molecule has 2 aromatic rings. The number of benzene rings is 2. The van der Waals surface area contributed by atoms with E-state index in [1.54, 1.807) is 0 Å². The summed E-state index contributed by atoms with van der Waals surface area (Å²) in [6, 6.07) is 22.2. The van der Waals surface area contributed by atoms with Crippen molar-refractivity contribution in [1.82, 2.24) is 4.90 Å². The first-order valence-corrected chi connectivity index (χ1v) is 12.9. The van der Waals surface area contributed by atoms with Crippen LogP contribution in [0.5, 0.6) is 0 Å². The highest BCUT2D eigenvalue weighted by molar-refractivity contribution is 6.30. The Labute approximate surface area is 200 Å². The van der Waals surface area contributed by atoms with E-state index in [0.29, 0.717) is 12.0 Å². The molecule has 2 unspecified atom stereocenters. The van der Waals surface area contributed by atoms with E-state index in [9.17, 15) is 5.26 Å². The first-order valence-electron chi connectivity index (χ1n) is 12.5. The van der Waals surface area contributed by atoms with Crippen LogP contribution in [0.3, 0.4) is 0 Å². The van der Waals surface area contributed by atoms with Crippen LogP contribution >= 0.6 is 11.6 Å². The maximum atomic E-state index is 10.6. The van der Waals surface area contributed by atoms with Gasteiger partial charge in [-0.15, -0.1) is 0 Å². The van der Waals surface area contributed by atoms with Crippen molar-refractivity contribution in [3.8, 4) is 6.07 Å². The molecule has 0 N–H and O–H groups in total. The first kappa shape index (κ1) is 24.8. The molecule has 172 valence electrons. The van der Waals surface area contributed by atoms with Crippen molar-refractivity contribution in [2.24, 2.45) is 5.92 Å². The minimum Gasteiger partial charge on any atom is -0.300 e. The second kappa shape index (κ2) is 12.4. The summed E-state index contributed by atoms with van der Waals surface area (Å²) in [6.07, 6.45) is 10.3. The molecule has 0 heterocycles. The van der Waals surface area contributed by atoms with E-state index in [0.717, 1.165) is 62.2 Å². The maximum Gasteiger partial charge on any atom is 0.0851 e. The molecule has 0 aliphatic heterocycles. The Balaban J connectivity index is 1.74. The highest BCUT2D eigenvalue weighted by atomic mass is 35.5. The molecule has 2 atom stereocenters. The molecule has 1 aliphatic rings. The molecule has 0 spiro atoms. The summed E-state index contributed by atoms with van der Waals surface area (Å²) in [5.41, 5.74) is 2.15. The van der Waals surface area contributed by atoms with Crippen LogP contribution in [0.2, 0.25) is 5.02 Å². The highest BCUT2D eigenvalue weighted by Gasteiger charge is 2.41. The van der Waals surface area contributed by atoms with Crippen molar-refractivity contribution in [2.75, 3.05) is 13.1 Å². The second-order valence-corrected chi connectivity index (χ2v) is 10.0. The first-order chi connectivity index (χ1) is 15.6.